The van der Waals surface area contributed by atoms with Crippen molar-refractivity contribution >= 4 is 116 Å². The van der Waals surface area contributed by atoms with Gasteiger partial charge in [0, 0.05) is 82.8 Å². The van der Waals surface area contributed by atoms with Crippen LogP contribution in [0.3, 0.4) is 0 Å². The van der Waals surface area contributed by atoms with Gasteiger partial charge in [-0.25, -0.2) is 4.79 Å². The van der Waals surface area contributed by atoms with Crippen LogP contribution in [0.1, 0.15) is 171 Å². The highest BCUT2D eigenvalue weighted by Crippen LogP contribution is 2.22. The Morgan fingerprint density at radius 1 is 0.444 bits per heavy atom. The van der Waals surface area contributed by atoms with Gasteiger partial charge < -0.3 is 108 Å². The number of aliphatic carboxylic acids is 4. The van der Waals surface area contributed by atoms with Crippen LogP contribution >= 0.6 is 0 Å². The highest BCUT2D eigenvalue weighted by Gasteiger charge is 2.40. The number of ether oxygens (including phenoxy) is 4. The smallest absolute Gasteiger partial charge is 0.326 e. The molecular formula is C85H125N13O27S. The molecule has 3 aromatic carbocycles. The summed E-state index contributed by atoms with van der Waals surface area (Å²) >= 11 is 0. The van der Waals surface area contributed by atoms with E-state index < -0.39 is 191 Å². The SMILES string of the molecule is CCCC[C@H](NC(=O)[C@H](Cc1c[nH]c2ccccc12)NC(=O)CNC(=O)[C@H](CC(C)C)NC(=O)[C@H](Cc1ccc(CS(=O)(=O)O)cc1)NC(=O)[C@H](CC(=O)O)NC(=O)COCCOCCNC(=O)COCCOCCNC(=O)CC[C@H](NC(=O)CCCCCCCCCCCCC(=O)O)C(=O)O)C(=O)N(C)[C@H](CC(=O)O)C(=O)N(C)[C@@H](Cc1ccccc1)C(N)=O. The first-order chi connectivity index (χ1) is 59.9. The fourth-order valence-electron chi connectivity index (χ4n) is 13.3. The molecule has 0 unspecified atom stereocenters. The summed E-state index contributed by atoms with van der Waals surface area (Å²) < 4.78 is 54.5. The number of likely N-dealkylation sites (N-methyl/N-ethyl adjacent to an activating group) is 2. The summed E-state index contributed by atoms with van der Waals surface area (Å²) in [6.07, 6.45) is 8.96. The van der Waals surface area contributed by atoms with E-state index in [9.17, 15) is 105 Å². The van der Waals surface area contributed by atoms with Crippen LogP contribution in [-0.2, 0) is 131 Å². The number of nitrogens with zero attached hydrogens (tertiary/aromatic N) is 2. The van der Waals surface area contributed by atoms with E-state index in [-0.39, 0.29) is 128 Å². The lowest BCUT2D eigenvalue weighted by atomic mass is 10.00. The first kappa shape index (κ1) is 107. The number of rotatable bonds is 67. The molecule has 0 saturated heterocycles. The Labute approximate surface area is 732 Å². The Bertz CT molecular complexity index is 4310. The van der Waals surface area contributed by atoms with Gasteiger partial charge in [-0.2, -0.15) is 8.42 Å². The lowest BCUT2D eigenvalue weighted by Gasteiger charge is -2.35. The van der Waals surface area contributed by atoms with Crippen molar-refractivity contribution in [1.29, 1.82) is 0 Å². The van der Waals surface area contributed by atoms with E-state index in [0.717, 1.165) is 61.2 Å². The molecule has 1 heterocycles. The van der Waals surface area contributed by atoms with E-state index in [1.165, 1.54) is 38.4 Å². The van der Waals surface area contributed by atoms with Crippen LogP contribution in [0, 0.1) is 5.92 Å². The second-order valence-corrected chi connectivity index (χ2v) is 32.4. The number of nitrogens with one attached hydrogen (secondary N) is 10. The first-order valence-corrected chi connectivity index (χ1v) is 43.8. The number of carboxylic acids is 4. The van der Waals surface area contributed by atoms with Crippen molar-refractivity contribution in [2.24, 2.45) is 11.7 Å². The molecule has 0 radical (unpaired) electrons. The Morgan fingerprint density at radius 2 is 0.944 bits per heavy atom. The Balaban J connectivity index is 1.30. The number of aromatic nitrogens is 1. The molecule has 0 fully saturated rings. The molecule has 0 bridgehead atoms. The predicted octanol–water partition coefficient (Wildman–Crippen LogP) is 1.86. The zero-order valence-corrected chi connectivity index (χ0v) is 72.9. The molecule has 0 aliphatic rings. The molecule has 126 heavy (non-hydrogen) atoms. The van der Waals surface area contributed by atoms with Crippen molar-refractivity contribution in [1.82, 2.24) is 62.6 Å². The van der Waals surface area contributed by atoms with E-state index in [1.54, 1.807) is 74.6 Å². The standard InChI is InChI=1S/C85H125N13O27S/c1-6-7-26-62(83(115)98(5)69(49-77(108)109)84(116)97(4)68(78(86)110)46-56-23-17-16-18-24-56)94-81(113)66(47-59-50-89-61-27-22-21-25-60(59)61)92-72(101)51-90-79(111)64(44-55(2)3)95-80(112)65(45-57-30-32-58(33-31-57)54-126(119,120)121)96-82(114)67(48-76(106)107)93-74(103)53-125-43-41-123-39-37-88-73(102)52-124-42-40-122-38-36-87-70(99)35-34-63(85(117)118)91-71(100)28-19-14-12-10-8-9-11-13-15-20-29-75(104)105/h16-18,21-25,27,30-33,50,55,62-69,89H,6-15,19-20,26,28-29,34-49,51-54H2,1-5H3,(H2,86,110)(H,87,99)(H,88,102)(H,90,111)(H,91,100)(H,92,101)(H,93,103)(H,94,113)(H,95,112)(H,96,114)(H,104,105)(H,106,107)(H,108,109)(H,117,118)(H,119,120,121)/t62-,63-,64-,65-,66-,67-,68-,69+/m0/s1. The van der Waals surface area contributed by atoms with Gasteiger partial charge in [0.05, 0.1) is 59.0 Å². The molecule has 0 aliphatic heterocycles. The largest absolute Gasteiger partial charge is 0.481 e. The predicted molar refractivity (Wildman–Crippen MR) is 457 cm³/mol. The normalized spacial score (nSPS) is 13.2. The fraction of sp³-hybridized carbons (Fsp3) is 0.576. The van der Waals surface area contributed by atoms with Crippen LogP contribution < -0.4 is 53.6 Å². The van der Waals surface area contributed by atoms with Crippen molar-refractivity contribution in [3.63, 3.8) is 0 Å². The number of hydrogen-bond donors (Lipinski definition) is 16. The number of nitrogens with two attached hydrogens (primary N) is 1. The zero-order chi connectivity index (χ0) is 93.1. The minimum atomic E-state index is -4.49. The number of primary amides is 1. The molecule has 1 aromatic heterocycles. The Morgan fingerprint density at radius 3 is 1.52 bits per heavy atom. The topological polar surface area (TPSA) is 602 Å². The van der Waals surface area contributed by atoms with Crippen molar-refractivity contribution in [2.45, 2.75) is 223 Å². The number of amides is 12. The molecule has 41 heteroatoms. The van der Waals surface area contributed by atoms with Crippen LogP contribution in [0.2, 0.25) is 0 Å². The van der Waals surface area contributed by atoms with Crippen LogP contribution in [0.15, 0.2) is 85.1 Å². The van der Waals surface area contributed by atoms with Crippen LogP contribution in [0.25, 0.3) is 10.9 Å². The summed E-state index contributed by atoms with van der Waals surface area (Å²) in [7, 11) is -2.05. The minimum Gasteiger partial charge on any atom is -0.481 e. The average molecular weight is 1790 g/mol. The number of H-pyrrole nitrogens is 1. The molecule has 8 atom stereocenters. The molecule has 4 aromatic rings. The van der Waals surface area contributed by atoms with E-state index in [1.807, 2.05) is 6.92 Å². The summed E-state index contributed by atoms with van der Waals surface area (Å²) in [5, 5.41) is 61.7. The number of hydrogen-bond acceptors (Lipinski definition) is 22. The summed E-state index contributed by atoms with van der Waals surface area (Å²) in [4.78, 5) is 216. The number of aromatic amines is 1. The maximum Gasteiger partial charge on any atom is 0.326 e. The number of carbonyl (C=O) groups is 16. The number of carbonyl (C=O) groups excluding carboxylic acids is 12. The van der Waals surface area contributed by atoms with Crippen LogP contribution in [0.4, 0.5) is 0 Å². The van der Waals surface area contributed by atoms with Gasteiger partial charge >= 0.3 is 23.9 Å². The zero-order valence-electron chi connectivity index (χ0n) is 72.1. The van der Waals surface area contributed by atoms with Gasteiger partial charge in [-0.15, -0.1) is 0 Å². The van der Waals surface area contributed by atoms with Gasteiger partial charge in [-0.05, 0) is 66.3 Å². The lowest BCUT2D eigenvalue weighted by molar-refractivity contribution is -0.152. The fourth-order valence-corrected chi connectivity index (χ4v) is 13.9. The third-order valence-electron chi connectivity index (χ3n) is 20.0. The number of benzene rings is 3. The second-order valence-electron chi connectivity index (χ2n) is 30.9. The van der Waals surface area contributed by atoms with E-state index >= 15 is 0 Å². The quantitative estimate of drug-likeness (QED) is 0.0222. The minimum absolute atomic E-state index is 0.00622. The van der Waals surface area contributed by atoms with Crippen molar-refractivity contribution in [2.75, 3.05) is 86.6 Å². The molecule has 17 N–H and O–H groups in total. The maximum absolute atomic E-state index is 14.8. The Kier molecular flexibility index (Phi) is 49.7. The lowest BCUT2D eigenvalue weighted by Crippen LogP contribution is -2.60. The highest BCUT2D eigenvalue weighted by atomic mass is 32.2. The van der Waals surface area contributed by atoms with Crippen molar-refractivity contribution in [3.05, 3.63) is 107 Å². The highest BCUT2D eigenvalue weighted by molar-refractivity contribution is 7.85. The van der Waals surface area contributed by atoms with Crippen molar-refractivity contribution in [3.8, 4) is 0 Å². The number of unbranched alkanes of at least 4 members (excludes halogenated alkanes) is 10. The number of fused-ring (bicyclic) bond motifs is 1. The van der Waals surface area contributed by atoms with E-state index in [2.05, 4.69) is 52.8 Å². The van der Waals surface area contributed by atoms with Gasteiger partial charge in [-0.1, -0.05) is 158 Å². The summed E-state index contributed by atoms with van der Waals surface area (Å²) in [6.45, 7) is 3.36. The molecule has 12 amide bonds. The average Bonchev–Trinajstić information content (AvgIpc) is 1.18. The van der Waals surface area contributed by atoms with Gasteiger partial charge in [0.2, 0.25) is 70.9 Å². The molecule has 698 valence electrons. The third kappa shape index (κ3) is 43.9. The van der Waals surface area contributed by atoms with E-state index in [4.69, 9.17) is 29.8 Å². The second kappa shape index (κ2) is 58.6. The molecule has 40 nitrogen and oxygen atoms in total. The first-order valence-electron chi connectivity index (χ1n) is 42.2. The molecule has 4 rings (SSSR count). The summed E-state index contributed by atoms with van der Waals surface area (Å²) in [5.74, 6) is -16.3. The van der Waals surface area contributed by atoms with Gasteiger partial charge in [-0.3, -0.25) is 76.5 Å². The maximum atomic E-state index is 14.8. The summed E-state index contributed by atoms with van der Waals surface area (Å²) in [6, 6.07) is 8.85. The number of para-hydroxylation sites is 1. The molecule has 0 aliphatic carbocycles. The molecule has 0 saturated carbocycles. The summed E-state index contributed by atoms with van der Waals surface area (Å²) in [5.41, 5.74) is 8.00. The van der Waals surface area contributed by atoms with Gasteiger partial charge in [0.1, 0.15) is 67.3 Å². The van der Waals surface area contributed by atoms with Crippen LogP contribution in [0.5, 0.6) is 0 Å². The Hall–Kier alpha value is -11.5. The van der Waals surface area contributed by atoms with E-state index in [0.29, 0.717) is 47.7 Å². The van der Waals surface area contributed by atoms with Crippen molar-refractivity contribution < 1.29 is 129 Å². The molecule has 0 spiro atoms. The third-order valence-corrected chi connectivity index (χ3v) is 20.7. The molecular weight excluding hydrogens is 1670 g/mol. The van der Waals surface area contributed by atoms with Gasteiger partial charge in [0.15, 0.2) is 0 Å². The van der Waals surface area contributed by atoms with Gasteiger partial charge in [0.25, 0.3) is 10.1 Å². The van der Waals surface area contributed by atoms with Crippen LogP contribution in [-0.4, -0.2) is 278 Å². The number of carboxylic acid groups (broad SMARTS) is 4. The monoisotopic (exact) mass is 1790 g/mol.